The van der Waals surface area contributed by atoms with Crippen molar-refractivity contribution in [3.8, 4) is 5.75 Å². The van der Waals surface area contributed by atoms with E-state index < -0.39 is 0 Å². The van der Waals surface area contributed by atoms with Crippen LogP contribution in [0.2, 0.25) is 0 Å². The average Bonchev–Trinajstić information content (AvgIpc) is 2.39. The molecule has 0 amide bonds. The van der Waals surface area contributed by atoms with E-state index in [0.29, 0.717) is 0 Å². The SMILES string of the molecule is CC.COc1c(C)cc(C(C)(C)C)cc1N(N)/C=C\N. The van der Waals surface area contributed by atoms with E-state index in [0.717, 1.165) is 17.0 Å². The number of ether oxygens (including phenoxy) is 1. The third-order valence-corrected chi connectivity index (χ3v) is 2.85. The number of hydrogen-bond acceptors (Lipinski definition) is 4. The Kier molecular flexibility index (Phi) is 7.14. The number of methoxy groups -OCH3 is 1. The van der Waals surface area contributed by atoms with Gasteiger partial charge in [-0.1, -0.05) is 40.7 Å². The van der Waals surface area contributed by atoms with E-state index in [9.17, 15) is 0 Å². The van der Waals surface area contributed by atoms with Crippen molar-refractivity contribution in [3.05, 3.63) is 35.7 Å². The fourth-order valence-electron chi connectivity index (χ4n) is 1.82. The van der Waals surface area contributed by atoms with Gasteiger partial charge in [0.05, 0.1) is 12.8 Å². The lowest BCUT2D eigenvalue weighted by molar-refractivity contribution is 0.411. The second kappa shape index (κ2) is 7.80. The maximum absolute atomic E-state index is 5.95. The molecular weight excluding hydrogens is 250 g/mol. The number of benzene rings is 1. The zero-order chi connectivity index (χ0) is 15.9. The normalized spacial score (nSPS) is 11.0. The fourth-order valence-corrected chi connectivity index (χ4v) is 1.82. The maximum atomic E-state index is 5.95. The molecule has 0 fully saturated rings. The fraction of sp³-hybridized carbons (Fsp3) is 0.500. The van der Waals surface area contributed by atoms with Crippen molar-refractivity contribution < 1.29 is 4.74 Å². The Morgan fingerprint density at radius 2 is 1.75 bits per heavy atom. The minimum atomic E-state index is 0.0546. The minimum absolute atomic E-state index is 0.0546. The highest BCUT2D eigenvalue weighted by Crippen LogP contribution is 2.36. The molecule has 0 bridgehead atoms. The molecule has 0 unspecified atom stereocenters. The Balaban J connectivity index is 0.00000172. The Labute approximate surface area is 123 Å². The lowest BCUT2D eigenvalue weighted by Crippen LogP contribution is -2.26. The predicted octanol–water partition coefficient (Wildman–Crippen LogP) is 3.44. The lowest BCUT2D eigenvalue weighted by atomic mass is 9.85. The summed E-state index contributed by atoms with van der Waals surface area (Å²) in [5.74, 6) is 6.72. The highest BCUT2D eigenvalue weighted by Gasteiger charge is 2.19. The Morgan fingerprint density at radius 3 is 2.15 bits per heavy atom. The smallest absolute Gasteiger partial charge is 0.146 e. The number of nitrogens with two attached hydrogens (primary N) is 2. The first-order chi connectivity index (χ1) is 9.31. The van der Waals surface area contributed by atoms with Gasteiger partial charge >= 0.3 is 0 Å². The summed E-state index contributed by atoms with van der Waals surface area (Å²) in [5.41, 5.74) is 8.50. The van der Waals surface area contributed by atoms with Crippen LogP contribution in [0.15, 0.2) is 24.5 Å². The standard InChI is InChI=1S/C14H23N3O.C2H6/c1-10-8-11(14(2,3)4)9-12(13(10)18-5)17(16)7-6-15;1-2/h6-9H,15-16H2,1-5H3;1-2H3/b7-6-;. The zero-order valence-corrected chi connectivity index (χ0v) is 13.8. The molecule has 0 aliphatic heterocycles. The van der Waals surface area contributed by atoms with Gasteiger partial charge in [-0.3, -0.25) is 5.01 Å². The summed E-state index contributed by atoms with van der Waals surface area (Å²) in [4.78, 5) is 0. The summed E-state index contributed by atoms with van der Waals surface area (Å²) in [6, 6.07) is 4.16. The molecule has 0 saturated carbocycles. The van der Waals surface area contributed by atoms with Crippen LogP contribution in [0.5, 0.6) is 5.75 Å². The molecule has 4 N–H and O–H groups in total. The number of nitrogens with zero attached hydrogens (tertiary/aromatic N) is 1. The molecule has 4 nitrogen and oxygen atoms in total. The highest BCUT2D eigenvalue weighted by molar-refractivity contribution is 5.64. The van der Waals surface area contributed by atoms with E-state index in [-0.39, 0.29) is 5.41 Å². The van der Waals surface area contributed by atoms with Crippen molar-refractivity contribution in [2.24, 2.45) is 11.6 Å². The molecule has 0 spiro atoms. The van der Waals surface area contributed by atoms with Gasteiger partial charge in [0, 0.05) is 12.4 Å². The van der Waals surface area contributed by atoms with E-state index >= 15 is 0 Å². The van der Waals surface area contributed by atoms with Crippen molar-refractivity contribution >= 4 is 5.69 Å². The van der Waals surface area contributed by atoms with Crippen molar-refractivity contribution in [1.29, 1.82) is 0 Å². The van der Waals surface area contributed by atoms with Gasteiger partial charge in [-0.05, 0) is 29.5 Å². The third-order valence-electron chi connectivity index (χ3n) is 2.85. The second-order valence-corrected chi connectivity index (χ2v) is 5.34. The van der Waals surface area contributed by atoms with E-state index in [1.165, 1.54) is 16.8 Å². The number of aryl methyl sites for hydroxylation is 1. The van der Waals surface area contributed by atoms with Gasteiger partial charge in [0.15, 0.2) is 0 Å². The first-order valence-electron chi connectivity index (χ1n) is 6.92. The van der Waals surface area contributed by atoms with Gasteiger partial charge in [-0.2, -0.15) is 0 Å². The average molecular weight is 279 g/mol. The molecule has 20 heavy (non-hydrogen) atoms. The van der Waals surface area contributed by atoms with E-state index in [2.05, 4.69) is 26.8 Å². The van der Waals surface area contributed by atoms with Crippen LogP contribution in [0.4, 0.5) is 5.69 Å². The molecule has 0 heterocycles. The van der Waals surface area contributed by atoms with E-state index in [1.807, 2.05) is 26.8 Å². The highest BCUT2D eigenvalue weighted by atomic mass is 16.5. The molecule has 0 aromatic heterocycles. The van der Waals surface area contributed by atoms with Gasteiger partial charge in [-0.25, -0.2) is 5.84 Å². The Bertz CT molecular complexity index is 448. The first-order valence-corrected chi connectivity index (χ1v) is 6.92. The monoisotopic (exact) mass is 279 g/mol. The predicted molar refractivity (Wildman–Crippen MR) is 87.8 cm³/mol. The maximum Gasteiger partial charge on any atom is 0.146 e. The van der Waals surface area contributed by atoms with Crippen molar-refractivity contribution in [2.75, 3.05) is 12.1 Å². The molecule has 114 valence electrons. The van der Waals surface area contributed by atoms with Gasteiger partial charge in [-0.15, -0.1) is 0 Å². The summed E-state index contributed by atoms with van der Waals surface area (Å²) < 4.78 is 5.41. The Hall–Kier alpha value is -1.68. The lowest BCUT2D eigenvalue weighted by Gasteiger charge is -2.25. The van der Waals surface area contributed by atoms with Crippen molar-refractivity contribution in [1.82, 2.24) is 0 Å². The molecular formula is C16H29N3O. The molecule has 1 aromatic carbocycles. The molecule has 0 saturated heterocycles. The van der Waals surface area contributed by atoms with Crippen LogP contribution in [-0.2, 0) is 5.41 Å². The van der Waals surface area contributed by atoms with Crippen LogP contribution in [0, 0.1) is 6.92 Å². The minimum Gasteiger partial charge on any atom is -0.494 e. The van der Waals surface area contributed by atoms with Crippen molar-refractivity contribution in [2.45, 2.75) is 47.0 Å². The first kappa shape index (κ1) is 18.3. The molecule has 0 radical (unpaired) electrons. The number of hydrazine groups is 1. The molecule has 4 heteroatoms. The van der Waals surface area contributed by atoms with E-state index in [1.54, 1.807) is 13.3 Å². The van der Waals surface area contributed by atoms with Crippen LogP contribution < -0.4 is 21.3 Å². The number of rotatable bonds is 3. The summed E-state index contributed by atoms with van der Waals surface area (Å²) >= 11 is 0. The van der Waals surface area contributed by atoms with Crippen LogP contribution in [-0.4, -0.2) is 7.11 Å². The summed E-state index contributed by atoms with van der Waals surface area (Å²) in [6.07, 6.45) is 3.00. The van der Waals surface area contributed by atoms with Crippen LogP contribution >= 0.6 is 0 Å². The molecule has 0 aliphatic carbocycles. The van der Waals surface area contributed by atoms with Crippen LogP contribution in [0.3, 0.4) is 0 Å². The Morgan fingerprint density at radius 1 is 1.20 bits per heavy atom. The zero-order valence-electron chi connectivity index (χ0n) is 13.8. The van der Waals surface area contributed by atoms with Crippen LogP contribution in [0.25, 0.3) is 0 Å². The van der Waals surface area contributed by atoms with Crippen LogP contribution in [0.1, 0.15) is 45.7 Å². The largest absolute Gasteiger partial charge is 0.494 e. The number of hydrogen-bond donors (Lipinski definition) is 2. The van der Waals surface area contributed by atoms with Gasteiger partial charge in [0.1, 0.15) is 5.75 Å². The molecule has 1 rings (SSSR count). The molecule has 0 atom stereocenters. The topological polar surface area (TPSA) is 64.5 Å². The van der Waals surface area contributed by atoms with Gasteiger partial charge in [0.25, 0.3) is 0 Å². The van der Waals surface area contributed by atoms with E-state index in [4.69, 9.17) is 16.3 Å². The summed E-state index contributed by atoms with van der Waals surface area (Å²) in [5, 5.41) is 1.47. The summed E-state index contributed by atoms with van der Waals surface area (Å²) in [7, 11) is 1.64. The van der Waals surface area contributed by atoms with Gasteiger partial charge < -0.3 is 10.5 Å². The molecule has 0 aliphatic rings. The van der Waals surface area contributed by atoms with Crippen molar-refractivity contribution in [3.63, 3.8) is 0 Å². The third kappa shape index (κ3) is 4.46. The van der Waals surface area contributed by atoms with Gasteiger partial charge in [0.2, 0.25) is 0 Å². The second-order valence-electron chi connectivity index (χ2n) is 5.34. The molecule has 1 aromatic rings. The number of anilines is 1. The quantitative estimate of drug-likeness (QED) is 0.657. The summed E-state index contributed by atoms with van der Waals surface area (Å²) in [6.45, 7) is 12.5.